The standard InChI is InChI=1S/C18H17FO4/c1-21-17-11-13(8-10-18(20)22-2)7-9-16(17)23-12-14-5-3-4-6-15(14)19/h3-11H,12H2,1-2H3/b10-8+. The third-order valence-corrected chi connectivity index (χ3v) is 3.14. The average molecular weight is 316 g/mol. The van der Waals surface area contributed by atoms with Crippen LogP contribution in [0, 0.1) is 5.82 Å². The first-order valence-corrected chi connectivity index (χ1v) is 6.94. The van der Waals surface area contributed by atoms with E-state index in [2.05, 4.69) is 4.74 Å². The van der Waals surface area contributed by atoms with Crippen LogP contribution in [-0.4, -0.2) is 20.2 Å². The molecule has 0 aliphatic carbocycles. The van der Waals surface area contributed by atoms with Gasteiger partial charge in [-0.3, -0.25) is 0 Å². The highest BCUT2D eigenvalue weighted by Crippen LogP contribution is 2.29. The molecule has 23 heavy (non-hydrogen) atoms. The Bertz CT molecular complexity index is 710. The fraction of sp³-hybridized carbons (Fsp3) is 0.167. The first kappa shape index (κ1) is 16.5. The largest absolute Gasteiger partial charge is 0.493 e. The van der Waals surface area contributed by atoms with Crippen molar-refractivity contribution in [3.8, 4) is 11.5 Å². The summed E-state index contributed by atoms with van der Waals surface area (Å²) >= 11 is 0. The molecule has 0 amide bonds. The number of rotatable bonds is 6. The van der Waals surface area contributed by atoms with E-state index in [0.717, 1.165) is 5.56 Å². The van der Waals surface area contributed by atoms with Gasteiger partial charge < -0.3 is 14.2 Å². The SMILES string of the molecule is COC(=O)/C=C/c1ccc(OCc2ccccc2F)c(OC)c1. The van der Waals surface area contributed by atoms with Gasteiger partial charge in [0, 0.05) is 11.6 Å². The lowest BCUT2D eigenvalue weighted by Crippen LogP contribution is -2.00. The van der Waals surface area contributed by atoms with Gasteiger partial charge in [0.1, 0.15) is 12.4 Å². The Morgan fingerprint density at radius 1 is 1.13 bits per heavy atom. The molecule has 4 nitrogen and oxygen atoms in total. The van der Waals surface area contributed by atoms with E-state index in [9.17, 15) is 9.18 Å². The molecule has 0 fully saturated rings. The lowest BCUT2D eigenvalue weighted by molar-refractivity contribution is -0.134. The number of hydrogen-bond donors (Lipinski definition) is 0. The number of hydrogen-bond acceptors (Lipinski definition) is 4. The van der Waals surface area contributed by atoms with Gasteiger partial charge in [-0.15, -0.1) is 0 Å². The molecule has 0 N–H and O–H groups in total. The highest BCUT2D eigenvalue weighted by atomic mass is 19.1. The second-order valence-corrected chi connectivity index (χ2v) is 4.65. The molecule has 0 radical (unpaired) electrons. The molecular weight excluding hydrogens is 299 g/mol. The number of halogens is 1. The lowest BCUT2D eigenvalue weighted by atomic mass is 10.2. The van der Waals surface area contributed by atoms with Crippen molar-refractivity contribution in [2.24, 2.45) is 0 Å². The summed E-state index contributed by atoms with van der Waals surface area (Å²) in [7, 11) is 2.83. The van der Waals surface area contributed by atoms with Crippen LogP contribution in [-0.2, 0) is 16.1 Å². The minimum atomic E-state index is -0.441. The first-order valence-electron chi connectivity index (χ1n) is 6.94. The van der Waals surface area contributed by atoms with E-state index in [1.54, 1.807) is 42.5 Å². The van der Waals surface area contributed by atoms with Crippen LogP contribution in [0.25, 0.3) is 6.08 Å². The summed E-state index contributed by atoms with van der Waals surface area (Å²) in [5, 5.41) is 0. The van der Waals surface area contributed by atoms with E-state index < -0.39 is 5.97 Å². The molecule has 0 aliphatic rings. The molecule has 0 aliphatic heterocycles. The number of ether oxygens (including phenoxy) is 3. The van der Waals surface area contributed by atoms with E-state index in [0.29, 0.717) is 17.1 Å². The number of esters is 1. The molecule has 0 unspecified atom stereocenters. The summed E-state index contributed by atoms with van der Waals surface area (Å²) in [6, 6.07) is 11.6. The quantitative estimate of drug-likeness (QED) is 0.603. The van der Waals surface area contributed by atoms with Crippen molar-refractivity contribution in [2.45, 2.75) is 6.61 Å². The van der Waals surface area contributed by atoms with Gasteiger partial charge in [-0.25, -0.2) is 9.18 Å². The molecule has 2 aromatic rings. The van der Waals surface area contributed by atoms with Gasteiger partial charge in [-0.2, -0.15) is 0 Å². The lowest BCUT2D eigenvalue weighted by Gasteiger charge is -2.11. The van der Waals surface area contributed by atoms with Gasteiger partial charge in [0.2, 0.25) is 0 Å². The van der Waals surface area contributed by atoms with E-state index in [1.165, 1.54) is 26.4 Å². The molecule has 0 saturated heterocycles. The van der Waals surface area contributed by atoms with Crippen molar-refractivity contribution >= 4 is 12.0 Å². The molecule has 0 heterocycles. The third kappa shape index (κ3) is 4.57. The molecule has 0 spiro atoms. The molecule has 0 bridgehead atoms. The van der Waals surface area contributed by atoms with Crippen molar-refractivity contribution in [3.63, 3.8) is 0 Å². The average Bonchev–Trinajstić information content (AvgIpc) is 2.59. The molecule has 0 aromatic heterocycles. The first-order chi connectivity index (χ1) is 11.1. The summed E-state index contributed by atoms with van der Waals surface area (Å²) in [6.45, 7) is 0.0976. The van der Waals surface area contributed by atoms with Crippen LogP contribution >= 0.6 is 0 Å². The van der Waals surface area contributed by atoms with Crippen molar-refractivity contribution < 1.29 is 23.4 Å². The van der Waals surface area contributed by atoms with Crippen LogP contribution in [0.2, 0.25) is 0 Å². The Hall–Kier alpha value is -2.82. The Morgan fingerprint density at radius 3 is 2.61 bits per heavy atom. The normalized spacial score (nSPS) is 10.6. The maximum atomic E-state index is 13.6. The van der Waals surface area contributed by atoms with E-state index in [4.69, 9.17) is 9.47 Å². The number of carbonyl (C=O) groups excluding carboxylic acids is 1. The van der Waals surface area contributed by atoms with Crippen LogP contribution in [0.15, 0.2) is 48.5 Å². The highest BCUT2D eigenvalue weighted by Gasteiger charge is 2.07. The van der Waals surface area contributed by atoms with Crippen molar-refractivity contribution in [1.29, 1.82) is 0 Å². The van der Waals surface area contributed by atoms with Gasteiger partial charge in [0.25, 0.3) is 0 Å². The topological polar surface area (TPSA) is 44.8 Å². The Kier molecular flexibility index (Phi) is 5.74. The minimum absolute atomic E-state index is 0.0976. The minimum Gasteiger partial charge on any atom is -0.493 e. The number of carbonyl (C=O) groups is 1. The van der Waals surface area contributed by atoms with E-state index in [-0.39, 0.29) is 12.4 Å². The van der Waals surface area contributed by atoms with Gasteiger partial charge >= 0.3 is 5.97 Å². The Labute approximate surface area is 134 Å². The second-order valence-electron chi connectivity index (χ2n) is 4.65. The predicted molar refractivity (Wildman–Crippen MR) is 84.8 cm³/mol. The number of benzene rings is 2. The molecule has 2 rings (SSSR count). The van der Waals surface area contributed by atoms with Crippen LogP contribution < -0.4 is 9.47 Å². The van der Waals surface area contributed by atoms with Crippen molar-refractivity contribution in [3.05, 3.63) is 65.5 Å². The van der Waals surface area contributed by atoms with Crippen LogP contribution in [0.1, 0.15) is 11.1 Å². The fourth-order valence-corrected chi connectivity index (χ4v) is 1.91. The van der Waals surface area contributed by atoms with Gasteiger partial charge in [0.15, 0.2) is 11.5 Å². The zero-order valence-corrected chi connectivity index (χ0v) is 12.9. The summed E-state index contributed by atoms with van der Waals surface area (Å²) in [6.07, 6.45) is 2.92. The summed E-state index contributed by atoms with van der Waals surface area (Å²) < 4.78 is 29.0. The van der Waals surface area contributed by atoms with Gasteiger partial charge in [-0.05, 0) is 29.8 Å². The predicted octanol–water partition coefficient (Wildman–Crippen LogP) is 3.60. The van der Waals surface area contributed by atoms with Gasteiger partial charge in [0.05, 0.1) is 14.2 Å². The highest BCUT2D eigenvalue weighted by molar-refractivity contribution is 5.87. The van der Waals surface area contributed by atoms with E-state index in [1.807, 2.05) is 0 Å². The van der Waals surface area contributed by atoms with Crippen molar-refractivity contribution in [1.82, 2.24) is 0 Å². The molecule has 2 aromatic carbocycles. The smallest absolute Gasteiger partial charge is 0.330 e. The summed E-state index contributed by atoms with van der Waals surface area (Å²) in [5.74, 6) is 0.229. The maximum absolute atomic E-state index is 13.6. The zero-order chi connectivity index (χ0) is 16.7. The summed E-state index contributed by atoms with van der Waals surface area (Å²) in [4.78, 5) is 11.1. The van der Waals surface area contributed by atoms with Gasteiger partial charge in [-0.1, -0.05) is 24.3 Å². The Balaban J connectivity index is 2.12. The van der Waals surface area contributed by atoms with Crippen molar-refractivity contribution in [2.75, 3.05) is 14.2 Å². The molecule has 0 atom stereocenters. The van der Waals surface area contributed by atoms with E-state index >= 15 is 0 Å². The summed E-state index contributed by atoms with van der Waals surface area (Å²) in [5.41, 5.74) is 1.22. The fourth-order valence-electron chi connectivity index (χ4n) is 1.91. The molecular formula is C18H17FO4. The monoisotopic (exact) mass is 316 g/mol. The maximum Gasteiger partial charge on any atom is 0.330 e. The Morgan fingerprint density at radius 2 is 1.91 bits per heavy atom. The molecule has 120 valence electrons. The second kappa shape index (κ2) is 7.98. The van der Waals surface area contributed by atoms with Crippen LogP contribution in [0.5, 0.6) is 11.5 Å². The molecule has 0 saturated carbocycles. The number of methoxy groups -OCH3 is 2. The molecule has 5 heteroatoms. The van der Waals surface area contributed by atoms with Crippen LogP contribution in [0.3, 0.4) is 0 Å². The third-order valence-electron chi connectivity index (χ3n) is 3.14. The van der Waals surface area contributed by atoms with Crippen LogP contribution in [0.4, 0.5) is 4.39 Å². The zero-order valence-electron chi connectivity index (χ0n) is 12.9.